The number of carbonyl (C=O) groups is 1. The summed E-state index contributed by atoms with van der Waals surface area (Å²) in [5.74, 6) is 0.316. The molecular formula is C37H36N8O4S. The molecule has 0 saturated heterocycles. The zero-order valence-corrected chi connectivity index (χ0v) is 28.5. The third-order valence-corrected chi connectivity index (χ3v) is 9.89. The van der Waals surface area contributed by atoms with Crippen LogP contribution in [0.4, 0.5) is 16.4 Å². The van der Waals surface area contributed by atoms with Crippen molar-refractivity contribution in [3.63, 3.8) is 0 Å². The van der Waals surface area contributed by atoms with Gasteiger partial charge in [0.05, 0.1) is 22.3 Å². The van der Waals surface area contributed by atoms with E-state index in [2.05, 4.69) is 31.7 Å². The number of carbonyl (C=O) groups excluding carboxylic acids is 1. The summed E-state index contributed by atoms with van der Waals surface area (Å²) in [6, 6.07) is 24.2. The molecule has 12 nitrogen and oxygen atoms in total. The molecule has 6 rings (SSSR count). The number of rotatable bonds is 9. The lowest BCUT2D eigenvalue weighted by atomic mass is 9.90. The molecule has 3 aromatic heterocycles. The van der Waals surface area contributed by atoms with Crippen molar-refractivity contribution < 1.29 is 13.2 Å². The second kappa shape index (κ2) is 14.7. The molecule has 3 heterocycles. The molecule has 0 bridgehead atoms. The summed E-state index contributed by atoms with van der Waals surface area (Å²) in [6.45, 7) is 0.388. The van der Waals surface area contributed by atoms with Gasteiger partial charge in [0, 0.05) is 67.8 Å². The van der Waals surface area contributed by atoms with Gasteiger partial charge < -0.3 is 15.2 Å². The highest BCUT2D eigenvalue weighted by Crippen LogP contribution is 2.31. The molecule has 2 amide bonds. The van der Waals surface area contributed by atoms with Gasteiger partial charge in [-0.25, -0.2) is 23.2 Å². The number of anilines is 2. The normalized spacial score (nSPS) is 15.9. The fourth-order valence-corrected chi connectivity index (χ4v) is 6.65. The van der Waals surface area contributed by atoms with Crippen LogP contribution in [0.5, 0.6) is 0 Å². The van der Waals surface area contributed by atoms with E-state index in [4.69, 9.17) is 0 Å². The number of hydrogen-bond acceptors (Lipinski definition) is 9. The first-order valence-corrected chi connectivity index (χ1v) is 18.1. The van der Waals surface area contributed by atoms with Gasteiger partial charge >= 0.3 is 6.03 Å². The van der Waals surface area contributed by atoms with E-state index >= 15 is 0 Å². The van der Waals surface area contributed by atoms with E-state index in [9.17, 15) is 23.3 Å². The van der Waals surface area contributed by atoms with E-state index in [1.165, 1.54) is 29.2 Å². The molecule has 0 unspecified atom stereocenters. The number of nitrogens with zero attached hydrogens (tertiary/aromatic N) is 6. The maximum absolute atomic E-state index is 13.8. The van der Waals surface area contributed by atoms with Gasteiger partial charge in [-0.3, -0.25) is 14.7 Å². The van der Waals surface area contributed by atoms with Crippen LogP contribution in [-0.2, 0) is 23.4 Å². The maximum atomic E-state index is 13.8. The number of urea groups is 1. The number of sulfone groups is 1. The van der Waals surface area contributed by atoms with Crippen LogP contribution in [0.2, 0.25) is 0 Å². The Balaban J connectivity index is 1.19. The summed E-state index contributed by atoms with van der Waals surface area (Å²) in [5.41, 5.74) is 4.22. The lowest BCUT2D eigenvalue weighted by Crippen LogP contribution is -2.48. The number of pyridine rings is 2. The molecule has 0 atom stereocenters. The standard InChI is InChI=1S/C37H36N8O4S/c1-44-17-16-27(19-34(44)46)26-8-12-31(13-9-26)45(37(47)41-21-25-6-4-3-5-7-25)32-14-10-30(11-15-32)42-36-40-23-29(20-38)35(43-36)28-18-33(24-39-22-28)50(2,48)49/h3-9,12-13,16-19,22-24,30,32H,10-11,14-15,21H2,1-2H3,(H,41,47)(H,40,42,43)/t30-,32-. The predicted molar refractivity (Wildman–Crippen MR) is 191 cm³/mol. The predicted octanol–water partition coefficient (Wildman–Crippen LogP) is 5.32. The van der Waals surface area contributed by atoms with Crippen molar-refractivity contribution in [1.82, 2.24) is 24.8 Å². The van der Waals surface area contributed by atoms with Crippen LogP contribution in [0.1, 0.15) is 36.8 Å². The van der Waals surface area contributed by atoms with Crippen molar-refractivity contribution in [2.45, 2.75) is 49.2 Å². The summed E-state index contributed by atoms with van der Waals surface area (Å²) >= 11 is 0. The van der Waals surface area contributed by atoms with Crippen molar-refractivity contribution in [1.29, 1.82) is 5.26 Å². The summed E-state index contributed by atoms with van der Waals surface area (Å²) in [4.78, 5) is 40.9. The van der Waals surface area contributed by atoms with Gasteiger partial charge in [0.15, 0.2) is 9.84 Å². The molecule has 0 spiro atoms. The Labute approximate surface area is 290 Å². The van der Waals surface area contributed by atoms with Crippen molar-refractivity contribution in [3.8, 4) is 28.5 Å². The van der Waals surface area contributed by atoms with Crippen molar-refractivity contribution in [2.75, 3.05) is 16.5 Å². The molecular weight excluding hydrogens is 653 g/mol. The first-order chi connectivity index (χ1) is 24.1. The minimum Gasteiger partial charge on any atom is -0.351 e. The SMILES string of the molecule is Cn1ccc(-c2ccc(N(C(=O)NCc3ccccc3)[C@H]3CC[C@H](Nc4ncc(C#N)c(-c5cncc(S(C)(=O)=O)c5)n4)CC3)cc2)cc1=O. The quantitative estimate of drug-likeness (QED) is 0.209. The van der Waals surface area contributed by atoms with Gasteiger partial charge in [-0.1, -0.05) is 42.5 Å². The average molecular weight is 689 g/mol. The van der Waals surface area contributed by atoms with Crippen LogP contribution in [0, 0.1) is 11.3 Å². The van der Waals surface area contributed by atoms with Crippen LogP contribution in [0.3, 0.4) is 0 Å². The second-order valence-corrected chi connectivity index (χ2v) is 14.3. The molecule has 2 aromatic carbocycles. The Morgan fingerprint density at radius 2 is 1.70 bits per heavy atom. The Hall–Kier alpha value is -5.87. The molecule has 0 aliphatic heterocycles. The zero-order chi connectivity index (χ0) is 35.3. The minimum absolute atomic E-state index is 0.00446. The van der Waals surface area contributed by atoms with Gasteiger partial charge in [0.25, 0.3) is 5.56 Å². The Morgan fingerprint density at radius 3 is 2.38 bits per heavy atom. The van der Waals surface area contributed by atoms with Crippen molar-refractivity contribution >= 4 is 27.5 Å². The number of benzene rings is 2. The van der Waals surface area contributed by atoms with Gasteiger partial charge in [-0.05, 0) is 66.6 Å². The van der Waals surface area contributed by atoms with E-state index in [0.29, 0.717) is 30.9 Å². The van der Waals surface area contributed by atoms with Crippen molar-refractivity contribution in [3.05, 3.63) is 119 Å². The zero-order valence-electron chi connectivity index (χ0n) is 27.7. The molecule has 1 aliphatic carbocycles. The van der Waals surface area contributed by atoms with Gasteiger partial charge in [0.1, 0.15) is 6.07 Å². The van der Waals surface area contributed by atoms with Crippen LogP contribution in [-0.4, -0.2) is 52.3 Å². The second-order valence-electron chi connectivity index (χ2n) is 12.3. The Bertz CT molecular complexity index is 2210. The smallest absolute Gasteiger partial charge is 0.322 e. The van der Waals surface area contributed by atoms with Crippen LogP contribution >= 0.6 is 0 Å². The number of aromatic nitrogens is 4. The van der Waals surface area contributed by atoms with Crippen LogP contribution in [0.15, 0.2) is 107 Å². The number of hydrogen-bond donors (Lipinski definition) is 2. The average Bonchev–Trinajstić information content (AvgIpc) is 3.13. The molecule has 2 N–H and O–H groups in total. The Morgan fingerprint density at radius 1 is 0.960 bits per heavy atom. The number of aryl methyl sites for hydroxylation is 1. The lowest BCUT2D eigenvalue weighted by Gasteiger charge is -2.37. The molecule has 254 valence electrons. The number of amides is 2. The molecule has 1 saturated carbocycles. The highest BCUT2D eigenvalue weighted by molar-refractivity contribution is 7.90. The molecule has 5 aromatic rings. The highest BCUT2D eigenvalue weighted by Gasteiger charge is 2.30. The molecule has 1 aliphatic rings. The summed E-state index contributed by atoms with van der Waals surface area (Å²) < 4.78 is 25.7. The van der Waals surface area contributed by atoms with E-state index in [-0.39, 0.29) is 39.8 Å². The van der Waals surface area contributed by atoms with Gasteiger partial charge in [-0.2, -0.15) is 5.26 Å². The van der Waals surface area contributed by atoms with Crippen LogP contribution in [0.25, 0.3) is 22.4 Å². The van der Waals surface area contributed by atoms with E-state index in [1.54, 1.807) is 19.3 Å². The molecule has 1 fully saturated rings. The van der Waals surface area contributed by atoms with Crippen molar-refractivity contribution in [2.24, 2.45) is 7.05 Å². The number of nitrogens with one attached hydrogen (secondary N) is 2. The monoisotopic (exact) mass is 688 g/mol. The number of nitriles is 1. The first kappa shape index (κ1) is 34.0. The maximum Gasteiger partial charge on any atom is 0.322 e. The summed E-state index contributed by atoms with van der Waals surface area (Å²) in [6.07, 6.45) is 9.84. The van der Waals surface area contributed by atoms with E-state index < -0.39 is 9.84 Å². The molecule has 50 heavy (non-hydrogen) atoms. The fourth-order valence-electron chi connectivity index (χ4n) is 6.06. The topological polar surface area (TPSA) is 163 Å². The fraction of sp³-hybridized carbons (Fsp3) is 0.243. The summed E-state index contributed by atoms with van der Waals surface area (Å²) in [7, 11) is -1.80. The highest BCUT2D eigenvalue weighted by atomic mass is 32.2. The van der Waals surface area contributed by atoms with E-state index in [0.717, 1.165) is 41.5 Å². The lowest BCUT2D eigenvalue weighted by molar-refractivity contribution is 0.240. The first-order valence-electron chi connectivity index (χ1n) is 16.2. The largest absolute Gasteiger partial charge is 0.351 e. The third kappa shape index (κ3) is 7.88. The Kier molecular flexibility index (Phi) is 10.0. The molecule has 0 radical (unpaired) electrons. The van der Waals surface area contributed by atoms with Gasteiger partial charge in [-0.15, -0.1) is 0 Å². The van der Waals surface area contributed by atoms with Gasteiger partial charge in [0.2, 0.25) is 5.95 Å². The summed E-state index contributed by atoms with van der Waals surface area (Å²) in [5, 5.41) is 16.2. The van der Waals surface area contributed by atoms with Crippen LogP contribution < -0.4 is 21.1 Å². The van der Waals surface area contributed by atoms with E-state index in [1.807, 2.05) is 65.6 Å². The molecule has 13 heteroatoms. The third-order valence-electron chi connectivity index (χ3n) is 8.81. The minimum atomic E-state index is -3.51.